The minimum atomic E-state index is -3.78. The molecule has 3 rings (SSSR count). The fourth-order valence-corrected chi connectivity index (χ4v) is 3.87. The molecule has 168 valence electrons. The van der Waals surface area contributed by atoms with Gasteiger partial charge in [0.25, 0.3) is 15.9 Å². The van der Waals surface area contributed by atoms with Gasteiger partial charge >= 0.3 is 0 Å². The first kappa shape index (κ1) is 23.2. The zero-order chi connectivity index (χ0) is 23.1. The van der Waals surface area contributed by atoms with Gasteiger partial charge in [0.05, 0.1) is 24.8 Å². The second kappa shape index (κ2) is 10.3. The lowest BCUT2D eigenvalue weighted by Crippen LogP contribution is -2.20. The van der Waals surface area contributed by atoms with Gasteiger partial charge in [-0.1, -0.05) is 11.6 Å². The summed E-state index contributed by atoms with van der Waals surface area (Å²) in [6.07, 6.45) is 0. The lowest BCUT2D eigenvalue weighted by atomic mass is 10.2. The summed E-state index contributed by atoms with van der Waals surface area (Å²) in [5.74, 6) is 0.971. The Labute approximate surface area is 191 Å². The number of carbonyl (C=O) groups is 1. The van der Waals surface area contributed by atoms with E-state index in [4.69, 9.17) is 25.8 Å². The lowest BCUT2D eigenvalue weighted by Gasteiger charge is -2.12. The van der Waals surface area contributed by atoms with Crippen LogP contribution in [0.2, 0.25) is 5.02 Å². The molecule has 0 spiro atoms. The number of sulfonamides is 1. The van der Waals surface area contributed by atoms with Gasteiger partial charge in [-0.3, -0.25) is 9.52 Å². The maximum absolute atomic E-state index is 12.5. The number of hydrogen-bond donors (Lipinski definition) is 2. The minimum absolute atomic E-state index is 0.0484. The van der Waals surface area contributed by atoms with Crippen molar-refractivity contribution in [3.8, 4) is 17.2 Å². The van der Waals surface area contributed by atoms with Crippen molar-refractivity contribution in [3.05, 3.63) is 71.8 Å². The molecule has 3 aromatic rings. The first-order valence-electron chi connectivity index (χ1n) is 9.34. The Hall–Kier alpha value is -3.43. The summed E-state index contributed by atoms with van der Waals surface area (Å²) in [6, 6.07) is 17.0. The van der Waals surface area contributed by atoms with Gasteiger partial charge in [-0.15, -0.1) is 0 Å². The van der Waals surface area contributed by atoms with Crippen LogP contribution in [0.15, 0.2) is 71.6 Å². The van der Waals surface area contributed by atoms with E-state index >= 15 is 0 Å². The molecule has 0 bridgehead atoms. The number of hydrogen-bond acceptors (Lipinski definition) is 6. The van der Waals surface area contributed by atoms with Crippen LogP contribution in [0.5, 0.6) is 17.2 Å². The zero-order valence-electron chi connectivity index (χ0n) is 17.3. The topological polar surface area (TPSA) is 103 Å². The Morgan fingerprint density at radius 3 is 2.19 bits per heavy atom. The number of carbonyl (C=O) groups excluding carboxylic acids is 1. The van der Waals surface area contributed by atoms with E-state index in [0.29, 0.717) is 33.6 Å². The molecular weight excluding hydrogens is 456 g/mol. The maximum Gasteiger partial charge on any atom is 0.262 e. The zero-order valence-corrected chi connectivity index (χ0v) is 18.9. The first-order valence-corrected chi connectivity index (χ1v) is 11.2. The highest BCUT2D eigenvalue weighted by molar-refractivity contribution is 7.92. The number of ether oxygens (including phenoxy) is 3. The number of rotatable bonds is 9. The molecule has 2 N–H and O–H groups in total. The van der Waals surface area contributed by atoms with Crippen molar-refractivity contribution in [2.75, 3.05) is 30.9 Å². The number of benzene rings is 3. The molecule has 10 heteroatoms. The summed E-state index contributed by atoms with van der Waals surface area (Å²) in [7, 11) is -0.763. The van der Waals surface area contributed by atoms with Crippen LogP contribution >= 0.6 is 11.6 Å². The van der Waals surface area contributed by atoms with Crippen molar-refractivity contribution in [2.24, 2.45) is 0 Å². The van der Waals surface area contributed by atoms with Crippen LogP contribution in [0.25, 0.3) is 0 Å². The highest BCUT2D eigenvalue weighted by atomic mass is 35.5. The van der Waals surface area contributed by atoms with Gasteiger partial charge in [0.1, 0.15) is 17.2 Å². The highest BCUT2D eigenvalue weighted by Crippen LogP contribution is 2.29. The summed E-state index contributed by atoms with van der Waals surface area (Å²) in [5.41, 5.74) is 0.858. The van der Waals surface area contributed by atoms with Crippen molar-refractivity contribution < 1.29 is 27.4 Å². The summed E-state index contributed by atoms with van der Waals surface area (Å²) in [5, 5.41) is 3.19. The molecule has 0 unspecified atom stereocenters. The lowest BCUT2D eigenvalue weighted by molar-refractivity contribution is -0.118. The largest absolute Gasteiger partial charge is 0.497 e. The van der Waals surface area contributed by atoms with Crippen molar-refractivity contribution in [1.29, 1.82) is 0 Å². The molecule has 0 aromatic heterocycles. The first-order chi connectivity index (χ1) is 15.3. The molecule has 0 aliphatic carbocycles. The minimum Gasteiger partial charge on any atom is -0.497 e. The van der Waals surface area contributed by atoms with Crippen LogP contribution in [0.1, 0.15) is 0 Å². The van der Waals surface area contributed by atoms with Gasteiger partial charge < -0.3 is 19.5 Å². The van der Waals surface area contributed by atoms with E-state index in [-0.39, 0.29) is 11.5 Å². The summed E-state index contributed by atoms with van der Waals surface area (Å²) < 4.78 is 43.3. The molecule has 0 aliphatic heterocycles. The van der Waals surface area contributed by atoms with Crippen LogP contribution in [0.4, 0.5) is 11.4 Å². The molecule has 3 aromatic carbocycles. The number of halogens is 1. The second-order valence-corrected chi connectivity index (χ2v) is 8.61. The molecule has 0 saturated carbocycles. The molecule has 8 nitrogen and oxygen atoms in total. The number of nitrogens with one attached hydrogen (secondary N) is 2. The molecule has 1 amide bonds. The molecule has 0 radical (unpaired) electrons. The number of anilines is 2. The quantitative estimate of drug-likeness (QED) is 0.480. The maximum atomic E-state index is 12.5. The van der Waals surface area contributed by atoms with Gasteiger partial charge in [0.2, 0.25) is 0 Å². The molecule has 32 heavy (non-hydrogen) atoms. The number of methoxy groups -OCH3 is 2. The fourth-order valence-electron chi connectivity index (χ4n) is 2.68. The standard InChI is InChI=1S/C22H21ClN2O6S/c1-29-18-9-12-20(21(13-18)30-2)24-22(26)14-31-17-7-10-19(11-8-17)32(27,28)25-16-5-3-15(23)4-6-16/h3-13,25H,14H2,1-2H3,(H,24,26). The SMILES string of the molecule is COc1ccc(NC(=O)COc2ccc(S(=O)(=O)Nc3ccc(Cl)cc3)cc2)c(OC)c1. The molecule has 0 heterocycles. The van der Waals surface area contributed by atoms with E-state index < -0.39 is 15.9 Å². The molecule has 0 fully saturated rings. The molecule has 0 aliphatic rings. The van der Waals surface area contributed by atoms with Crippen molar-refractivity contribution >= 4 is 38.9 Å². The normalized spacial score (nSPS) is 10.8. The second-order valence-electron chi connectivity index (χ2n) is 6.49. The smallest absolute Gasteiger partial charge is 0.262 e. The molecular formula is C22H21ClN2O6S. The average Bonchev–Trinajstić information content (AvgIpc) is 2.79. The van der Waals surface area contributed by atoms with Crippen LogP contribution in [-0.2, 0) is 14.8 Å². The van der Waals surface area contributed by atoms with Gasteiger partial charge in [-0.25, -0.2) is 8.42 Å². The summed E-state index contributed by atoms with van der Waals surface area (Å²) in [4.78, 5) is 12.3. The average molecular weight is 477 g/mol. The third-order valence-electron chi connectivity index (χ3n) is 4.28. The summed E-state index contributed by atoms with van der Waals surface area (Å²) in [6.45, 7) is -0.274. The highest BCUT2D eigenvalue weighted by Gasteiger charge is 2.15. The van der Waals surface area contributed by atoms with Crippen LogP contribution in [0, 0.1) is 0 Å². The van der Waals surface area contributed by atoms with E-state index in [1.54, 1.807) is 42.5 Å². The molecule has 0 atom stereocenters. The predicted octanol–water partition coefficient (Wildman–Crippen LogP) is 4.18. The Morgan fingerprint density at radius 2 is 1.56 bits per heavy atom. The van der Waals surface area contributed by atoms with Gasteiger partial charge in [-0.05, 0) is 60.7 Å². The third kappa shape index (κ3) is 6.05. The Kier molecular flexibility index (Phi) is 7.45. The van der Waals surface area contributed by atoms with Crippen molar-refractivity contribution in [1.82, 2.24) is 0 Å². The van der Waals surface area contributed by atoms with E-state index in [9.17, 15) is 13.2 Å². The van der Waals surface area contributed by atoms with Gasteiger partial charge in [0.15, 0.2) is 6.61 Å². The Morgan fingerprint density at radius 1 is 0.906 bits per heavy atom. The Bertz CT molecular complexity index is 1180. The third-order valence-corrected chi connectivity index (χ3v) is 5.93. The monoisotopic (exact) mass is 476 g/mol. The van der Waals surface area contributed by atoms with Gasteiger partial charge in [-0.2, -0.15) is 0 Å². The Balaban J connectivity index is 1.58. The van der Waals surface area contributed by atoms with Crippen molar-refractivity contribution in [2.45, 2.75) is 4.90 Å². The fraction of sp³-hybridized carbons (Fsp3) is 0.136. The van der Waals surface area contributed by atoms with Gasteiger partial charge in [0, 0.05) is 16.8 Å². The predicted molar refractivity (Wildman–Crippen MR) is 122 cm³/mol. The van der Waals surface area contributed by atoms with E-state index in [2.05, 4.69) is 10.0 Å². The molecule has 0 saturated heterocycles. The van der Waals surface area contributed by atoms with Crippen LogP contribution in [-0.4, -0.2) is 35.2 Å². The van der Waals surface area contributed by atoms with E-state index in [1.807, 2.05) is 0 Å². The van der Waals surface area contributed by atoms with E-state index in [1.165, 1.54) is 38.5 Å². The summed E-state index contributed by atoms with van der Waals surface area (Å²) >= 11 is 5.81. The van der Waals surface area contributed by atoms with Crippen LogP contribution in [0.3, 0.4) is 0 Å². The van der Waals surface area contributed by atoms with E-state index in [0.717, 1.165) is 0 Å². The van der Waals surface area contributed by atoms with Crippen molar-refractivity contribution in [3.63, 3.8) is 0 Å². The number of amides is 1. The van der Waals surface area contributed by atoms with Crippen LogP contribution < -0.4 is 24.2 Å².